The van der Waals surface area contributed by atoms with Crippen LogP contribution in [0, 0.1) is 0 Å². The first kappa shape index (κ1) is 9.44. The Labute approximate surface area is 84.8 Å². The van der Waals surface area contributed by atoms with Crippen LogP contribution in [0.5, 0.6) is 0 Å². The van der Waals surface area contributed by atoms with Crippen molar-refractivity contribution in [2.24, 2.45) is 0 Å². The molecule has 3 heteroatoms. The lowest BCUT2D eigenvalue weighted by atomic mass is 9.91. The molecule has 0 bridgehead atoms. The van der Waals surface area contributed by atoms with E-state index in [2.05, 4.69) is 36.8 Å². The van der Waals surface area contributed by atoms with Crippen LogP contribution in [-0.2, 0) is 5.41 Å². The van der Waals surface area contributed by atoms with E-state index < -0.39 is 0 Å². The number of aromatic nitrogens is 2. The minimum Gasteiger partial charge on any atom is -0.368 e. The van der Waals surface area contributed by atoms with Crippen LogP contribution in [0.4, 0.5) is 5.95 Å². The highest BCUT2D eigenvalue weighted by atomic mass is 15.0. The van der Waals surface area contributed by atoms with Crippen LogP contribution < -0.4 is 5.73 Å². The first-order chi connectivity index (χ1) is 6.47. The van der Waals surface area contributed by atoms with Crippen molar-refractivity contribution in [3.63, 3.8) is 0 Å². The van der Waals surface area contributed by atoms with Crippen molar-refractivity contribution >= 4 is 5.95 Å². The first-order valence-electron chi connectivity index (χ1n) is 5.12. The Hall–Kier alpha value is -1.12. The third-order valence-electron chi connectivity index (χ3n) is 2.53. The summed E-state index contributed by atoms with van der Waals surface area (Å²) in [6.45, 7) is 6.43. The van der Waals surface area contributed by atoms with Gasteiger partial charge in [0.05, 0.1) is 5.69 Å². The molecule has 0 saturated heterocycles. The standard InChI is InChI=1S/C11H17N3/c1-11(2,3)9-6-8(7-4-5-7)13-10(12)14-9/h6-7H,4-5H2,1-3H3,(H2,12,13,14). The predicted molar refractivity (Wildman–Crippen MR) is 57.1 cm³/mol. The monoisotopic (exact) mass is 191 g/mol. The minimum absolute atomic E-state index is 0.0563. The van der Waals surface area contributed by atoms with Gasteiger partial charge >= 0.3 is 0 Å². The van der Waals surface area contributed by atoms with Gasteiger partial charge in [-0.05, 0) is 18.9 Å². The van der Waals surface area contributed by atoms with E-state index in [1.807, 2.05) is 0 Å². The Balaban J connectivity index is 2.41. The zero-order chi connectivity index (χ0) is 10.3. The van der Waals surface area contributed by atoms with Gasteiger partial charge in [-0.3, -0.25) is 0 Å². The van der Waals surface area contributed by atoms with Gasteiger partial charge in [0.25, 0.3) is 0 Å². The van der Waals surface area contributed by atoms with Crippen molar-refractivity contribution < 1.29 is 0 Å². The van der Waals surface area contributed by atoms with Crippen LogP contribution in [0.2, 0.25) is 0 Å². The van der Waals surface area contributed by atoms with E-state index in [4.69, 9.17) is 5.73 Å². The fourth-order valence-electron chi connectivity index (χ4n) is 1.46. The van der Waals surface area contributed by atoms with Crippen molar-refractivity contribution in [2.75, 3.05) is 5.73 Å². The maximum atomic E-state index is 5.70. The summed E-state index contributed by atoms with van der Waals surface area (Å²) in [6, 6.07) is 2.11. The van der Waals surface area contributed by atoms with Crippen LogP contribution >= 0.6 is 0 Å². The average molecular weight is 191 g/mol. The molecule has 0 unspecified atom stereocenters. The zero-order valence-electron chi connectivity index (χ0n) is 9.04. The van der Waals surface area contributed by atoms with Gasteiger partial charge in [0, 0.05) is 17.0 Å². The van der Waals surface area contributed by atoms with Gasteiger partial charge in [-0.2, -0.15) is 0 Å². The fourth-order valence-corrected chi connectivity index (χ4v) is 1.46. The molecule has 2 N–H and O–H groups in total. The van der Waals surface area contributed by atoms with E-state index in [0.29, 0.717) is 11.9 Å². The van der Waals surface area contributed by atoms with Crippen LogP contribution in [0.15, 0.2) is 6.07 Å². The highest BCUT2D eigenvalue weighted by molar-refractivity contribution is 5.29. The van der Waals surface area contributed by atoms with E-state index in [1.54, 1.807) is 0 Å². The Morgan fingerprint density at radius 1 is 1.29 bits per heavy atom. The summed E-state index contributed by atoms with van der Waals surface area (Å²) < 4.78 is 0. The second kappa shape index (κ2) is 2.94. The SMILES string of the molecule is CC(C)(C)c1cc(C2CC2)nc(N)n1. The van der Waals surface area contributed by atoms with Gasteiger partial charge < -0.3 is 5.73 Å². The van der Waals surface area contributed by atoms with Gasteiger partial charge in [0.15, 0.2) is 0 Å². The van der Waals surface area contributed by atoms with E-state index in [9.17, 15) is 0 Å². The number of anilines is 1. The quantitative estimate of drug-likeness (QED) is 0.740. The highest BCUT2D eigenvalue weighted by Gasteiger charge is 2.27. The Morgan fingerprint density at radius 3 is 2.43 bits per heavy atom. The molecule has 0 radical (unpaired) electrons. The molecule has 1 saturated carbocycles. The van der Waals surface area contributed by atoms with Gasteiger partial charge in [-0.25, -0.2) is 9.97 Å². The molecule has 76 valence electrons. The smallest absolute Gasteiger partial charge is 0.220 e. The second-order valence-electron chi connectivity index (χ2n) is 5.06. The topological polar surface area (TPSA) is 51.8 Å². The predicted octanol–water partition coefficient (Wildman–Crippen LogP) is 2.23. The summed E-state index contributed by atoms with van der Waals surface area (Å²) in [6.07, 6.45) is 2.50. The Bertz CT molecular complexity index is 348. The average Bonchev–Trinajstić information content (AvgIpc) is 2.83. The summed E-state index contributed by atoms with van der Waals surface area (Å²) >= 11 is 0. The van der Waals surface area contributed by atoms with Crippen LogP contribution in [-0.4, -0.2) is 9.97 Å². The Kier molecular flexibility index (Phi) is 1.98. The third-order valence-corrected chi connectivity index (χ3v) is 2.53. The normalized spacial score (nSPS) is 17.1. The highest BCUT2D eigenvalue weighted by Crippen LogP contribution is 2.40. The van der Waals surface area contributed by atoms with Crippen LogP contribution in [0.3, 0.4) is 0 Å². The molecule has 1 heterocycles. The maximum Gasteiger partial charge on any atom is 0.220 e. The summed E-state index contributed by atoms with van der Waals surface area (Å²) in [5.41, 5.74) is 7.93. The molecular formula is C11H17N3. The van der Waals surface area contributed by atoms with Crippen molar-refractivity contribution in [3.8, 4) is 0 Å². The molecule has 0 aliphatic heterocycles. The largest absolute Gasteiger partial charge is 0.368 e. The zero-order valence-corrected chi connectivity index (χ0v) is 9.04. The third kappa shape index (κ3) is 1.86. The molecule has 1 fully saturated rings. The van der Waals surface area contributed by atoms with Gasteiger partial charge in [-0.1, -0.05) is 20.8 Å². The van der Waals surface area contributed by atoms with Crippen molar-refractivity contribution in [2.45, 2.75) is 44.9 Å². The lowest BCUT2D eigenvalue weighted by molar-refractivity contribution is 0.566. The lowest BCUT2D eigenvalue weighted by Gasteiger charge is -2.18. The summed E-state index contributed by atoms with van der Waals surface area (Å²) in [7, 11) is 0. The number of hydrogen-bond donors (Lipinski definition) is 1. The molecule has 0 aromatic carbocycles. The molecule has 1 aromatic rings. The summed E-state index contributed by atoms with van der Waals surface area (Å²) in [5, 5.41) is 0. The number of nitrogens with zero attached hydrogens (tertiary/aromatic N) is 2. The van der Waals surface area contributed by atoms with Gasteiger partial charge in [0.2, 0.25) is 5.95 Å². The molecule has 2 rings (SSSR count). The first-order valence-corrected chi connectivity index (χ1v) is 5.12. The lowest BCUT2D eigenvalue weighted by Crippen LogP contribution is -2.16. The number of hydrogen-bond acceptors (Lipinski definition) is 3. The summed E-state index contributed by atoms with van der Waals surface area (Å²) in [5.74, 6) is 1.06. The van der Waals surface area contributed by atoms with Crippen molar-refractivity contribution in [3.05, 3.63) is 17.5 Å². The fraction of sp³-hybridized carbons (Fsp3) is 0.636. The molecule has 1 aromatic heterocycles. The van der Waals surface area contributed by atoms with Gasteiger partial charge in [0.1, 0.15) is 0 Å². The summed E-state index contributed by atoms with van der Waals surface area (Å²) in [4.78, 5) is 8.56. The molecule has 14 heavy (non-hydrogen) atoms. The number of rotatable bonds is 1. The van der Waals surface area contributed by atoms with Crippen molar-refractivity contribution in [1.29, 1.82) is 0 Å². The molecule has 3 nitrogen and oxygen atoms in total. The van der Waals surface area contributed by atoms with E-state index in [-0.39, 0.29) is 5.41 Å². The van der Waals surface area contributed by atoms with E-state index in [0.717, 1.165) is 11.4 Å². The molecule has 0 amide bonds. The molecule has 0 atom stereocenters. The molecular weight excluding hydrogens is 174 g/mol. The number of nitrogens with two attached hydrogens (primary N) is 1. The second-order valence-corrected chi connectivity index (χ2v) is 5.06. The van der Waals surface area contributed by atoms with E-state index >= 15 is 0 Å². The van der Waals surface area contributed by atoms with Crippen LogP contribution in [0.1, 0.15) is 50.9 Å². The van der Waals surface area contributed by atoms with Gasteiger partial charge in [-0.15, -0.1) is 0 Å². The number of nitrogen functional groups attached to an aromatic ring is 1. The molecule has 1 aliphatic carbocycles. The molecule has 0 spiro atoms. The Morgan fingerprint density at radius 2 is 1.93 bits per heavy atom. The molecule has 1 aliphatic rings. The van der Waals surface area contributed by atoms with Crippen LogP contribution in [0.25, 0.3) is 0 Å². The van der Waals surface area contributed by atoms with E-state index in [1.165, 1.54) is 12.8 Å². The maximum absolute atomic E-state index is 5.70. The minimum atomic E-state index is 0.0563. The van der Waals surface area contributed by atoms with Crippen molar-refractivity contribution in [1.82, 2.24) is 9.97 Å².